The van der Waals surface area contributed by atoms with E-state index in [9.17, 15) is 9.59 Å². The summed E-state index contributed by atoms with van der Waals surface area (Å²) in [6.07, 6.45) is 3.06. The van der Waals surface area contributed by atoms with E-state index in [2.05, 4.69) is 10.3 Å². The quantitative estimate of drug-likeness (QED) is 0.843. The zero-order valence-corrected chi connectivity index (χ0v) is 10.00. The molecule has 2 heterocycles. The van der Waals surface area contributed by atoms with Gasteiger partial charge in [0.15, 0.2) is 5.76 Å². The number of nitrogens with one attached hydrogen (secondary N) is 1. The molecular weight excluding hydrogens is 248 g/mol. The minimum Gasteiger partial charge on any atom is -0.481 e. The highest BCUT2D eigenvalue weighted by Crippen LogP contribution is 2.09. The third kappa shape index (κ3) is 3.67. The zero-order valence-electron chi connectivity index (χ0n) is 10.00. The van der Waals surface area contributed by atoms with Crippen LogP contribution in [0.15, 0.2) is 41.1 Å². The molecule has 2 N–H and O–H groups in total. The molecule has 0 spiro atoms. The van der Waals surface area contributed by atoms with Crippen LogP contribution in [0.2, 0.25) is 0 Å². The Balaban J connectivity index is 1.93. The van der Waals surface area contributed by atoms with Crippen molar-refractivity contribution in [3.8, 4) is 0 Å². The summed E-state index contributed by atoms with van der Waals surface area (Å²) >= 11 is 0. The number of furan rings is 1. The number of aromatic nitrogens is 1. The van der Waals surface area contributed by atoms with Crippen LogP contribution in [0.5, 0.6) is 0 Å². The number of nitrogens with zero attached hydrogens (tertiary/aromatic N) is 1. The van der Waals surface area contributed by atoms with E-state index in [4.69, 9.17) is 9.52 Å². The van der Waals surface area contributed by atoms with Gasteiger partial charge in [0.05, 0.1) is 0 Å². The molecule has 2 aromatic heterocycles. The molecule has 0 aromatic carbocycles. The van der Waals surface area contributed by atoms with Gasteiger partial charge in [-0.05, 0) is 23.8 Å². The Bertz CT molecular complexity index is 577. The predicted molar refractivity (Wildman–Crippen MR) is 65.5 cm³/mol. The summed E-state index contributed by atoms with van der Waals surface area (Å²) in [7, 11) is 0. The molecule has 0 aliphatic rings. The van der Waals surface area contributed by atoms with E-state index in [0.29, 0.717) is 6.54 Å². The lowest BCUT2D eigenvalue weighted by Crippen LogP contribution is -2.22. The third-order valence-electron chi connectivity index (χ3n) is 2.39. The number of pyridine rings is 1. The van der Waals surface area contributed by atoms with Crippen LogP contribution in [0.3, 0.4) is 0 Å². The molecule has 19 heavy (non-hydrogen) atoms. The number of carboxylic acids is 1. The average Bonchev–Trinajstić information content (AvgIpc) is 2.85. The fraction of sp³-hybridized carbons (Fsp3) is 0.154. The van der Waals surface area contributed by atoms with Gasteiger partial charge in [0.25, 0.3) is 5.91 Å². The average molecular weight is 260 g/mol. The van der Waals surface area contributed by atoms with Crippen molar-refractivity contribution < 1.29 is 19.1 Å². The topological polar surface area (TPSA) is 92.4 Å². The van der Waals surface area contributed by atoms with Crippen molar-refractivity contribution in [2.75, 3.05) is 0 Å². The molecule has 2 rings (SSSR count). The van der Waals surface area contributed by atoms with Gasteiger partial charge in [-0.2, -0.15) is 0 Å². The summed E-state index contributed by atoms with van der Waals surface area (Å²) in [5, 5.41) is 11.3. The smallest absolute Gasteiger partial charge is 0.311 e. The van der Waals surface area contributed by atoms with Gasteiger partial charge in [0.1, 0.15) is 12.2 Å². The molecule has 0 atom stereocenters. The maximum Gasteiger partial charge on any atom is 0.311 e. The van der Waals surface area contributed by atoms with Crippen molar-refractivity contribution in [2.45, 2.75) is 13.0 Å². The fourth-order valence-electron chi connectivity index (χ4n) is 1.52. The van der Waals surface area contributed by atoms with Gasteiger partial charge in [-0.1, -0.05) is 6.07 Å². The Kier molecular flexibility index (Phi) is 3.92. The molecule has 0 aliphatic heterocycles. The van der Waals surface area contributed by atoms with Crippen LogP contribution in [-0.4, -0.2) is 22.0 Å². The third-order valence-corrected chi connectivity index (χ3v) is 2.39. The normalized spacial score (nSPS) is 10.1. The van der Waals surface area contributed by atoms with Gasteiger partial charge >= 0.3 is 5.97 Å². The minimum absolute atomic E-state index is 0.0974. The van der Waals surface area contributed by atoms with Gasteiger partial charge < -0.3 is 14.8 Å². The maximum absolute atomic E-state index is 11.7. The van der Waals surface area contributed by atoms with E-state index in [0.717, 1.165) is 5.56 Å². The number of hydrogen-bond acceptors (Lipinski definition) is 4. The van der Waals surface area contributed by atoms with Crippen LogP contribution < -0.4 is 5.32 Å². The Morgan fingerprint density at radius 2 is 2.16 bits per heavy atom. The van der Waals surface area contributed by atoms with Crippen molar-refractivity contribution >= 4 is 11.9 Å². The van der Waals surface area contributed by atoms with Gasteiger partial charge in [0.2, 0.25) is 0 Å². The van der Waals surface area contributed by atoms with Crippen molar-refractivity contribution in [1.29, 1.82) is 0 Å². The van der Waals surface area contributed by atoms with Crippen molar-refractivity contribution in [3.63, 3.8) is 0 Å². The van der Waals surface area contributed by atoms with E-state index >= 15 is 0 Å². The Morgan fingerprint density at radius 1 is 1.32 bits per heavy atom. The number of carbonyl (C=O) groups is 2. The zero-order chi connectivity index (χ0) is 13.7. The molecule has 0 unspecified atom stereocenters. The van der Waals surface area contributed by atoms with Crippen LogP contribution in [0.25, 0.3) is 0 Å². The highest BCUT2D eigenvalue weighted by atomic mass is 16.4. The number of carbonyl (C=O) groups excluding carboxylic acids is 1. The molecule has 1 amide bonds. The molecule has 6 nitrogen and oxygen atoms in total. The second-order valence-corrected chi connectivity index (χ2v) is 3.88. The molecule has 0 fully saturated rings. The van der Waals surface area contributed by atoms with E-state index in [-0.39, 0.29) is 23.8 Å². The first kappa shape index (κ1) is 12.8. The Morgan fingerprint density at radius 3 is 2.84 bits per heavy atom. The first-order valence-corrected chi connectivity index (χ1v) is 5.63. The van der Waals surface area contributed by atoms with Crippen LogP contribution >= 0.6 is 0 Å². The van der Waals surface area contributed by atoms with Crippen molar-refractivity contribution in [1.82, 2.24) is 10.3 Å². The molecule has 98 valence electrons. The van der Waals surface area contributed by atoms with Gasteiger partial charge in [-0.15, -0.1) is 0 Å². The summed E-state index contributed by atoms with van der Waals surface area (Å²) in [5.74, 6) is -1.05. The Hall–Kier alpha value is -2.63. The lowest BCUT2D eigenvalue weighted by molar-refractivity contribution is -0.136. The number of aliphatic carboxylic acids is 1. The van der Waals surface area contributed by atoms with Crippen molar-refractivity contribution in [2.24, 2.45) is 0 Å². The number of hydrogen-bond donors (Lipinski definition) is 2. The molecule has 0 aliphatic carbocycles. The van der Waals surface area contributed by atoms with E-state index in [1.807, 2.05) is 6.07 Å². The lowest BCUT2D eigenvalue weighted by Gasteiger charge is -2.02. The summed E-state index contributed by atoms with van der Waals surface area (Å²) in [5.41, 5.74) is 0.869. The van der Waals surface area contributed by atoms with E-state index in [1.165, 1.54) is 12.1 Å². The largest absolute Gasteiger partial charge is 0.481 e. The summed E-state index contributed by atoms with van der Waals surface area (Å²) in [6.45, 7) is 0.335. The van der Waals surface area contributed by atoms with Gasteiger partial charge in [-0.3, -0.25) is 14.6 Å². The molecular formula is C13H12N2O4. The molecule has 0 radical (unpaired) electrons. The summed E-state index contributed by atoms with van der Waals surface area (Å²) in [4.78, 5) is 26.2. The first-order chi connectivity index (χ1) is 9.15. The first-order valence-electron chi connectivity index (χ1n) is 5.63. The highest BCUT2D eigenvalue weighted by Gasteiger charge is 2.12. The maximum atomic E-state index is 11.7. The summed E-state index contributed by atoms with van der Waals surface area (Å²) < 4.78 is 5.14. The van der Waals surface area contributed by atoms with Crippen LogP contribution in [0, 0.1) is 0 Å². The molecule has 0 saturated heterocycles. The fourth-order valence-corrected chi connectivity index (χ4v) is 1.52. The predicted octanol–water partition coefficient (Wildman–Crippen LogP) is 1.23. The van der Waals surface area contributed by atoms with Crippen LogP contribution in [0.1, 0.15) is 21.9 Å². The second-order valence-electron chi connectivity index (χ2n) is 3.88. The van der Waals surface area contributed by atoms with Gasteiger partial charge in [-0.25, -0.2) is 0 Å². The summed E-state index contributed by atoms with van der Waals surface area (Å²) in [6, 6.07) is 6.55. The molecule has 0 bridgehead atoms. The van der Waals surface area contributed by atoms with E-state index < -0.39 is 5.97 Å². The Labute approximate surface area is 109 Å². The SMILES string of the molecule is O=C(O)Cc1ccc(C(=O)NCc2cccnc2)o1. The van der Waals surface area contributed by atoms with Gasteiger partial charge in [0, 0.05) is 18.9 Å². The lowest BCUT2D eigenvalue weighted by atomic mass is 10.3. The number of carboxylic acid groups (broad SMARTS) is 1. The monoisotopic (exact) mass is 260 g/mol. The standard InChI is InChI=1S/C13H12N2O4/c16-12(17)6-10-3-4-11(19-10)13(18)15-8-9-2-1-5-14-7-9/h1-5,7H,6,8H2,(H,15,18)(H,16,17). The van der Waals surface area contributed by atoms with Crippen molar-refractivity contribution in [3.05, 3.63) is 53.7 Å². The number of amides is 1. The van der Waals surface area contributed by atoms with Crippen LogP contribution in [0.4, 0.5) is 0 Å². The molecule has 0 saturated carbocycles. The molecule has 2 aromatic rings. The van der Waals surface area contributed by atoms with Crippen LogP contribution in [-0.2, 0) is 17.8 Å². The molecule has 6 heteroatoms. The number of rotatable bonds is 5. The second kappa shape index (κ2) is 5.81. The minimum atomic E-state index is -1.00. The van der Waals surface area contributed by atoms with E-state index in [1.54, 1.807) is 18.5 Å². The highest BCUT2D eigenvalue weighted by molar-refractivity contribution is 5.91.